The van der Waals surface area contributed by atoms with Crippen molar-refractivity contribution >= 4 is 17.4 Å². The number of aryl methyl sites for hydroxylation is 1. The normalized spacial score (nSPS) is 17.3. The third kappa shape index (κ3) is 3.14. The first-order valence-electron chi connectivity index (χ1n) is 7.72. The number of carbonyl (C=O) groups is 1. The van der Waals surface area contributed by atoms with Gasteiger partial charge < -0.3 is 10.2 Å². The molecule has 0 saturated carbocycles. The van der Waals surface area contributed by atoms with Crippen LogP contribution in [0.1, 0.15) is 36.2 Å². The molecule has 3 rings (SSSR count). The maximum absolute atomic E-state index is 12.4. The van der Waals surface area contributed by atoms with Crippen molar-refractivity contribution in [1.82, 2.24) is 25.0 Å². The molecule has 22 heavy (non-hydrogen) atoms. The summed E-state index contributed by atoms with van der Waals surface area (Å²) in [7, 11) is 0. The smallest absolute Gasteiger partial charge is 0.317 e. The van der Waals surface area contributed by atoms with Gasteiger partial charge in [-0.25, -0.2) is 9.78 Å². The predicted octanol–water partition coefficient (Wildman–Crippen LogP) is 2.45. The standard InChI is InChI=1S/C15H21N5OS/c1-2-13-12-5-9-22-14(12)4-8-20(13)15(21)17-6-3-7-19-11-16-10-18-19/h5,9-11,13H,2-4,6-8H2,1H3,(H,17,21)/t13-/m0/s1. The van der Waals surface area contributed by atoms with Crippen LogP contribution >= 0.6 is 11.3 Å². The largest absolute Gasteiger partial charge is 0.338 e. The molecule has 2 aromatic rings. The SMILES string of the molecule is CC[C@H]1c2ccsc2CCN1C(=O)NCCCn1cncn1. The third-order valence-corrected chi connectivity index (χ3v) is 5.05. The van der Waals surface area contributed by atoms with Gasteiger partial charge in [0.05, 0.1) is 6.04 Å². The fourth-order valence-electron chi connectivity index (χ4n) is 2.97. The number of amides is 2. The van der Waals surface area contributed by atoms with E-state index in [2.05, 4.69) is 33.8 Å². The molecule has 6 nitrogen and oxygen atoms in total. The highest BCUT2D eigenvalue weighted by atomic mass is 32.1. The predicted molar refractivity (Wildman–Crippen MR) is 85.8 cm³/mol. The first kappa shape index (κ1) is 15.0. The lowest BCUT2D eigenvalue weighted by atomic mass is 9.98. The number of thiophene rings is 1. The Hall–Kier alpha value is -1.89. The molecule has 0 fully saturated rings. The van der Waals surface area contributed by atoms with Crippen LogP contribution in [-0.4, -0.2) is 38.8 Å². The summed E-state index contributed by atoms with van der Waals surface area (Å²) in [5.41, 5.74) is 1.33. The minimum absolute atomic E-state index is 0.0438. The number of hydrogen-bond acceptors (Lipinski definition) is 4. The van der Waals surface area contributed by atoms with E-state index in [4.69, 9.17) is 0 Å². The zero-order valence-corrected chi connectivity index (χ0v) is 13.6. The van der Waals surface area contributed by atoms with E-state index in [0.717, 1.165) is 32.4 Å². The molecule has 118 valence electrons. The van der Waals surface area contributed by atoms with E-state index in [9.17, 15) is 4.79 Å². The molecule has 3 heterocycles. The summed E-state index contributed by atoms with van der Waals surface area (Å²) in [6.07, 6.45) is 5.99. The van der Waals surface area contributed by atoms with Crippen LogP contribution in [0.5, 0.6) is 0 Å². The lowest BCUT2D eigenvalue weighted by Crippen LogP contribution is -2.45. The zero-order chi connectivity index (χ0) is 15.4. The summed E-state index contributed by atoms with van der Waals surface area (Å²) >= 11 is 1.80. The third-order valence-electron chi connectivity index (χ3n) is 4.05. The van der Waals surface area contributed by atoms with Crippen LogP contribution < -0.4 is 5.32 Å². The summed E-state index contributed by atoms with van der Waals surface area (Å²) in [4.78, 5) is 19.8. The van der Waals surface area contributed by atoms with E-state index < -0.39 is 0 Å². The second-order valence-electron chi connectivity index (χ2n) is 5.41. The first-order chi connectivity index (χ1) is 10.8. The fourth-order valence-corrected chi connectivity index (χ4v) is 3.89. The molecule has 0 aromatic carbocycles. The van der Waals surface area contributed by atoms with Gasteiger partial charge in [-0.15, -0.1) is 11.3 Å². The molecular weight excluding hydrogens is 298 g/mol. The minimum Gasteiger partial charge on any atom is -0.338 e. The molecule has 7 heteroatoms. The number of urea groups is 1. The molecule has 2 amide bonds. The molecule has 2 aromatic heterocycles. The molecule has 1 aliphatic heterocycles. The van der Waals surface area contributed by atoms with Crippen molar-refractivity contribution in [3.8, 4) is 0 Å². The van der Waals surface area contributed by atoms with Crippen LogP contribution in [0.2, 0.25) is 0 Å². The Bertz CT molecular complexity index is 609. The van der Waals surface area contributed by atoms with Crippen LogP contribution in [0.4, 0.5) is 4.79 Å². The Balaban J connectivity index is 1.51. The average molecular weight is 319 g/mol. The van der Waals surface area contributed by atoms with Crippen LogP contribution in [0, 0.1) is 0 Å². The number of rotatable bonds is 5. The quantitative estimate of drug-likeness (QED) is 0.861. The molecule has 1 atom stereocenters. The topological polar surface area (TPSA) is 63.1 Å². The van der Waals surface area contributed by atoms with Crippen molar-refractivity contribution in [3.05, 3.63) is 34.5 Å². The number of nitrogens with zero attached hydrogens (tertiary/aromatic N) is 4. The number of aromatic nitrogens is 3. The second kappa shape index (κ2) is 6.91. The molecule has 0 bridgehead atoms. The van der Waals surface area contributed by atoms with Gasteiger partial charge >= 0.3 is 6.03 Å². The van der Waals surface area contributed by atoms with Crippen LogP contribution in [0.25, 0.3) is 0 Å². The van der Waals surface area contributed by atoms with Crippen molar-refractivity contribution in [3.63, 3.8) is 0 Å². The van der Waals surface area contributed by atoms with Crippen molar-refractivity contribution in [2.45, 2.75) is 38.8 Å². The van der Waals surface area contributed by atoms with Crippen LogP contribution in [0.3, 0.4) is 0 Å². The molecule has 0 unspecified atom stereocenters. The Kier molecular flexibility index (Phi) is 4.72. The maximum Gasteiger partial charge on any atom is 0.317 e. The summed E-state index contributed by atoms with van der Waals surface area (Å²) in [5.74, 6) is 0. The molecular formula is C15H21N5OS. The van der Waals surface area contributed by atoms with Gasteiger partial charge in [0.25, 0.3) is 0 Å². The molecule has 0 spiro atoms. The van der Waals surface area contributed by atoms with Gasteiger partial charge in [0.15, 0.2) is 0 Å². The Morgan fingerprint density at radius 2 is 2.45 bits per heavy atom. The Morgan fingerprint density at radius 1 is 1.55 bits per heavy atom. The first-order valence-corrected chi connectivity index (χ1v) is 8.60. The average Bonchev–Trinajstić information content (AvgIpc) is 3.21. The van der Waals surface area contributed by atoms with Gasteiger partial charge in [0, 0.05) is 24.5 Å². The van der Waals surface area contributed by atoms with E-state index >= 15 is 0 Å². The summed E-state index contributed by atoms with van der Waals surface area (Å²) in [6, 6.07) is 2.42. The minimum atomic E-state index is 0.0438. The van der Waals surface area contributed by atoms with Gasteiger partial charge in [-0.05, 0) is 36.3 Å². The summed E-state index contributed by atoms with van der Waals surface area (Å²) < 4.78 is 1.78. The number of carbonyl (C=O) groups excluding carboxylic acids is 1. The van der Waals surface area contributed by atoms with E-state index in [1.54, 1.807) is 22.3 Å². The molecule has 0 aliphatic carbocycles. The number of hydrogen-bond donors (Lipinski definition) is 1. The van der Waals surface area contributed by atoms with Crippen molar-refractivity contribution in [2.75, 3.05) is 13.1 Å². The highest BCUT2D eigenvalue weighted by molar-refractivity contribution is 7.10. The van der Waals surface area contributed by atoms with Crippen LogP contribution in [-0.2, 0) is 13.0 Å². The summed E-state index contributed by atoms with van der Waals surface area (Å²) in [6.45, 7) is 4.37. The van der Waals surface area contributed by atoms with Crippen molar-refractivity contribution in [1.29, 1.82) is 0 Å². The van der Waals surface area contributed by atoms with Gasteiger partial charge in [0.1, 0.15) is 12.7 Å². The van der Waals surface area contributed by atoms with Gasteiger partial charge in [-0.2, -0.15) is 5.10 Å². The van der Waals surface area contributed by atoms with E-state index in [1.807, 2.05) is 4.90 Å². The van der Waals surface area contributed by atoms with E-state index in [1.165, 1.54) is 16.8 Å². The van der Waals surface area contributed by atoms with Crippen LogP contribution in [0.15, 0.2) is 24.1 Å². The number of nitrogens with one attached hydrogen (secondary N) is 1. The number of fused-ring (bicyclic) bond motifs is 1. The van der Waals surface area contributed by atoms with E-state index in [0.29, 0.717) is 6.54 Å². The molecule has 0 radical (unpaired) electrons. The molecule has 1 aliphatic rings. The molecule has 0 saturated heterocycles. The van der Waals surface area contributed by atoms with Crippen molar-refractivity contribution < 1.29 is 4.79 Å². The summed E-state index contributed by atoms with van der Waals surface area (Å²) in [5, 5.41) is 9.21. The van der Waals surface area contributed by atoms with E-state index in [-0.39, 0.29) is 12.1 Å². The van der Waals surface area contributed by atoms with Gasteiger partial charge in [0.2, 0.25) is 0 Å². The lowest BCUT2D eigenvalue weighted by molar-refractivity contribution is 0.167. The Labute approximate surface area is 134 Å². The highest BCUT2D eigenvalue weighted by Gasteiger charge is 2.29. The van der Waals surface area contributed by atoms with Gasteiger partial charge in [-0.3, -0.25) is 4.68 Å². The second-order valence-corrected chi connectivity index (χ2v) is 6.41. The van der Waals surface area contributed by atoms with Crippen molar-refractivity contribution in [2.24, 2.45) is 0 Å². The lowest BCUT2D eigenvalue weighted by Gasteiger charge is -2.35. The van der Waals surface area contributed by atoms with Gasteiger partial charge in [-0.1, -0.05) is 6.92 Å². The Morgan fingerprint density at radius 3 is 3.23 bits per heavy atom. The monoisotopic (exact) mass is 319 g/mol. The zero-order valence-electron chi connectivity index (χ0n) is 12.7. The maximum atomic E-state index is 12.4. The fraction of sp³-hybridized carbons (Fsp3) is 0.533. The molecule has 1 N–H and O–H groups in total. The highest BCUT2D eigenvalue weighted by Crippen LogP contribution is 2.34.